The number of hydrogen-bond acceptors (Lipinski definition) is 7. The first-order valence-electron chi connectivity index (χ1n) is 10.9. The minimum Gasteiger partial charge on any atom is -0.463 e. The number of amides is 1. The Morgan fingerprint density at radius 1 is 1.09 bits per heavy atom. The second-order valence-corrected chi connectivity index (χ2v) is 9.49. The second-order valence-electron chi connectivity index (χ2n) is 8.55. The Bertz CT molecular complexity index is 1160. The van der Waals surface area contributed by atoms with E-state index in [0.29, 0.717) is 23.3 Å². The van der Waals surface area contributed by atoms with Gasteiger partial charge in [-0.15, -0.1) is 10.2 Å². The molecule has 3 rings (SSSR count). The third-order valence-corrected chi connectivity index (χ3v) is 5.84. The number of rotatable bonds is 8. The number of nitrogens with one attached hydrogen (secondary N) is 1. The van der Waals surface area contributed by atoms with Crippen LogP contribution < -0.4 is 11.2 Å². The highest BCUT2D eigenvalue weighted by atomic mass is 32.2. The summed E-state index contributed by atoms with van der Waals surface area (Å²) in [5, 5.41) is 11.6. The molecule has 0 spiro atoms. The second kappa shape index (κ2) is 11.0. The van der Waals surface area contributed by atoms with Crippen molar-refractivity contribution in [1.29, 1.82) is 0 Å². The zero-order valence-corrected chi connectivity index (χ0v) is 20.6. The van der Waals surface area contributed by atoms with E-state index in [0.717, 1.165) is 11.1 Å². The van der Waals surface area contributed by atoms with Crippen molar-refractivity contribution in [3.8, 4) is 11.4 Å². The number of nitrogens with zero attached hydrogens (tertiary/aromatic N) is 3. The molecule has 0 fully saturated rings. The number of ether oxygens (including phenoxy) is 1. The summed E-state index contributed by atoms with van der Waals surface area (Å²) < 4.78 is 6.25. The van der Waals surface area contributed by atoms with Crippen molar-refractivity contribution in [3.05, 3.63) is 65.7 Å². The highest BCUT2D eigenvalue weighted by Crippen LogP contribution is 2.26. The lowest BCUT2D eigenvalue weighted by Gasteiger charge is -2.19. The molecule has 1 amide bonds. The highest BCUT2D eigenvalue weighted by molar-refractivity contribution is 7.99. The predicted molar refractivity (Wildman–Crippen MR) is 136 cm³/mol. The van der Waals surface area contributed by atoms with Crippen LogP contribution in [0.25, 0.3) is 17.5 Å². The van der Waals surface area contributed by atoms with Crippen molar-refractivity contribution in [2.24, 2.45) is 0 Å². The number of benzene rings is 2. The van der Waals surface area contributed by atoms with E-state index in [9.17, 15) is 9.59 Å². The number of nitrogen functional groups attached to an aromatic ring is 1. The number of anilines is 1. The van der Waals surface area contributed by atoms with Gasteiger partial charge in [0.2, 0.25) is 11.1 Å². The Labute approximate surface area is 203 Å². The third kappa shape index (κ3) is 6.71. The summed E-state index contributed by atoms with van der Waals surface area (Å²) in [5.41, 5.74) is 3.60. The largest absolute Gasteiger partial charge is 0.463 e. The van der Waals surface area contributed by atoms with Crippen LogP contribution >= 0.6 is 11.8 Å². The predicted octanol–water partition coefficient (Wildman–Crippen LogP) is 4.26. The number of hydrogen-bond donors (Lipinski definition) is 2. The summed E-state index contributed by atoms with van der Waals surface area (Å²) in [6.45, 7) is 8.56. The van der Waals surface area contributed by atoms with Crippen molar-refractivity contribution >= 4 is 35.4 Å². The maximum atomic E-state index is 12.4. The fourth-order valence-electron chi connectivity index (χ4n) is 3.05. The average Bonchev–Trinajstić information content (AvgIpc) is 3.17. The Hall–Kier alpha value is -3.59. The average molecular weight is 480 g/mol. The van der Waals surface area contributed by atoms with Gasteiger partial charge in [-0.05, 0) is 41.7 Å². The molecule has 34 heavy (non-hydrogen) atoms. The van der Waals surface area contributed by atoms with E-state index in [-0.39, 0.29) is 17.1 Å². The van der Waals surface area contributed by atoms with E-state index >= 15 is 0 Å². The Morgan fingerprint density at radius 2 is 1.76 bits per heavy atom. The molecule has 0 aliphatic heterocycles. The first-order valence-corrected chi connectivity index (χ1v) is 11.8. The first kappa shape index (κ1) is 25.0. The van der Waals surface area contributed by atoms with Crippen LogP contribution in [0.3, 0.4) is 0 Å². The lowest BCUT2D eigenvalue weighted by Crippen LogP contribution is -2.16. The summed E-state index contributed by atoms with van der Waals surface area (Å²) in [7, 11) is 0. The van der Waals surface area contributed by atoms with Gasteiger partial charge in [-0.1, -0.05) is 68.9 Å². The van der Waals surface area contributed by atoms with Gasteiger partial charge in [0.05, 0.1) is 12.4 Å². The van der Waals surface area contributed by atoms with E-state index in [2.05, 4.69) is 48.4 Å². The molecular weight excluding hydrogens is 450 g/mol. The maximum absolute atomic E-state index is 12.4. The molecule has 0 aliphatic carbocycles. The summed E-state index contributed by atoms with van der Waals surface area (Å²) in [5.74, 6) is 6.26. The normalized spacial score (nSPS) is 11.5. The van der Waals surface area contributed by atoms with Crippen LogP contribution in [-0.2, 0) is 19.7 Å². The highest BCUT2D eigenvalue weighted by Gasteiger charge is 2.16. The van der Waals surface area contributed by atoms with Gasteiger partial charge in [-0.25, -0.2) is 9.47 Å². The van der Waals surface area contributed by atoms with Gasteiger partial charge in [0, 0.05) is 17.3 Å². The molecule has 0 unspecified atom stereocenters. The van der Waals surface area contributed by atoms with Crippen molar-refractivity contribution in [2.45, 2.75) is 38.3 Å². The smallest absolute Gasteiger partial charge is 0.330 e. The summed E-state index contributed by atoms with van der Waals surface area (Å²) in [4.78, 5) is 23.8. The van der Waals surface area contributed by atoms with Crippen molar-refractivity contribution in [1.82, 2.24) is 14.9 Å². The van der Waals surface area contributed by atoms with Crippen LogP contribution in [0.15, 0.2) is 59.8 Å². The Kier molecular flexibility index (Phi) is 8.12. The van der Waals surface area contributed by atoms with Crippen LogP contribution in [0.5, 0.6) is 0 Å². The number of nitrogens with two attached hydrogens (primary N) is 1. The van der Waals surface area contributed by atoms with Gasteiger partial charge in [-0.2, -0.15) is 0 Å². The zero-order chi connectivity index (χ0) is 24.7. The molecule has 0 saturated carbocycles. The quantitative estimate of drug-likeness (QED) is 0.215. The number of thioether (sulfide) groups is 1. The molecule has 8 nitrogen and oxygen atoms in total. The van der Waals surface area contributed by atoms with Gasteiger partial charge in [-0.3, -0.25) is 4.79 Å². The standard InChI is InChI=1S/C25H29N5O3S/c1-5-33-22(32)15-8-17-6-13-20(14-7-17)27-21(31)16-34-24-29-28-23(30(24)26)18-9-11-19(12-10-18)25(2,3)4/h6-15H,5,16,26H2,1-4H3,(H,27,31)/b15-8+. The molecule has 3 aromatic rings. The van der Waals surface area contributed by atoms with E-state index < -0.39 is 5.97 Å². The molecule has 0 bridgehead atoms. The first-order chi connectivity index (χ1) is 16.2. The fraction of sp³-hybridized carbons (Fsp3) is 0.280. The van der Waals surface area contributed by atoms with Crippen LogP contribution in [0.1, 0.15) is 38.8 Å². The monoisotopic (exact) mass is 479 g/mol. The summed E-state index contributed by atoms with van der Waals surface area (Å²) >= 11 is 1.21. The van der Waals surface area contributed by atoms with Gasteiger partial charge in [0.1, 0.15) is 0 Å². The van der Waals surface area contributed by atoms with Crippen LogP contribution in [-0.4, -0.2) is 39.1 Å². The lowest BCUT2D eigenvalue weighted by atomic mass is 9.87. The molecule has 0 radical (unpaired) electrons. The van der Waals surface area contributed by atoms with Gasteiger partial charge >= 0.3 is 5.97 Å². The number of esters is 1. The molecule has 0 saturated heterocycles. The molecule has 9 heteroatoms. The van der Waals surface area contributed by atoms with Crippen molar-refractivity contribution < 1.29 is 14.3 Å². The SMILES string of the molecule is CCOC(=O)/C=C/c1ccc(NC(=O)CSc2nnc(-c3ccc(C(C)(C)C)cc3)n2N)cc1. The van der Waals surface area contributed by atoms with E-state index in [1.54, 1.807) is 37.3 Å². The fourth-order valence-corrected chi connectivity index (χ4v) is 3.71. The van der Waals surface area contributed by atoms with Crippen LogP contribution in [0.4, 0.5) is 5.69 Å². The maximum Gasteiger partial charge on any atom is 0.330 e. The van der Waals surface area contributed by atoms with Crippen LogP contribution in [0, 0.1) is 0 Å². The number of carbonyl (C=O) groups is 2. The molecule has 1 heterocycles. The van der Waals surface area contributed by atoms with Crippen LogP contribution in [0.2, 0.25) is 0 Å². The van der Waals surface area contributed by atoms with Crippen molar-refractivity contribution in [2.75, 3.05) is 23.5 Å². The molecule has 3 N–H and O–H groups in total. The summed E-state index contributed by atoms with van der Waals surface area (Å²) in [6, 6.07) is 15.2. The van der Waals surface area contributed by atoms with Gasteiger partial charge in [0.15, 0.2) is 5.82 Å². The van der Waals surface area contributed by atoms with Crippen molar-refractivity contribution in [3.63, 3.8) is 0 Å². The number of carbonyl (C=O) groups excluding carboxylic acids is 2. The minimum absolute atomic E-state index is 0.0585. The molecular formula is C25H29N5O3S. The third-order valence-electron chi connectivity index (χ3n) is 4.90. The molecule has 1 aromatic heterocycles. The van der Waals surface area contributed by atoms with Gasteiger partial charge in [0.25, 0.3) is 0 Å². The van der Waals surface area contributed by atoms with Gasteiger partial charge < -0.3 is 15.9 Å². The molecule has 0 atom stereocenters. The molecule has 178 valence electrons. The van der Waals surface area contributed by atoms with E-state index in [4.69, 9.17) is 10.6 Å². The molecule has 0 aliphatic rings. The topological polar surface area (TPSA) is 112 Å². The zero-order valence-electron chi connectivity index (χ0n) is 19.7. The Morgan fingerprint density at radius 3 is 2.38 bits per heavy atom. The van der Waals surface area contributed by atoms with E-state index in [1.807, 2.05) is 12.1 Å². The molecule has 2 aromatic carbocycles. The minimum atomic E-state index is -0.394. The lowest BCUT2D eigenvalue weighted by molar-refractivity contribution is -0.137. The number of aromatic nitrogens is 3. The summed E-state index contributed by atoms with van der Waals surface area (Å²) in [6.07, 6.45) is 3.02. The Balaban J connectivity index is 1.55. The van der Waals surface area contributed by atoms with E-state index in [1.165, 1.54) is 28.1 Å².